The molecule has 2 aromatic carbocycles. The zero-order chi connectivity index (χ0) is 20.9. The topological polar surface area (TPSA) is 73.6 Å². The highest BCUT2D eigenvalue weighted by atomic mass is 16.5. The van der Waals surface area contributed by atoms with Gasteiger partial charge in [-0.2, -0.15) is 0 Å². The Labute approximate surface area is 174 Å². The van der Waals surface area contributed by atoms with Crippen LogP contribution < -0.4 is 10.1 Å². The predicted octanol–water partition coefficient (Wildman–Crippen LogP) is 5.80. The number of hydrogen-bond donors (Lipinski definition) is 1. The van der Waals surface area contributed by atoms with Gasteiger partial charge in [0.2, 0.25) is 0 Å². The van der Waals surface area contributed by atoms with Crippen LogP contribution in [0.3, 0.4) is 0 Å². The summed E-state index contributed by atoms with van der Waals surface area (Å²) in [6.45, 7) is 4.20. The Kier molecular flexibility index (Phi) is 5.77. The van der Waals surface area contributed by atoms with Crippen LogP contribution in [0.15, 0.2) is 77.5 Å². The molecule has 1 N–H and O–H groups in total. The number of anilines is 1. The predicted molar refractivity (Wildman–Crippen MR) is 115 cm³/mol. The van der Waals surface area contributed by atoms with Crippen molar-refractivity contribution in [2.75, 3.05) is 5.32 Å². The number of furan rings is 1. The number of carbonyl (C=O) groups excluding carboxylic acids is 1. The molecular weight excluding hydrogens is 380 g/mol. The maximum atomic E-state index is 13.0. The Hall–Kier alpha value is -3.64. The van der Waals surface area contributed by atoms with E-state index in [1.807, 2.05) is 50.2 Å². The lowest BCUT2D eigenvalue weighted by Gasteiger charge is -2.10. The zero-order valence-corrected chi connectivity index (χ0v) is 16.8. The summed E-state index contributed by atoms with van der Waals surface area (Å²) < 4.78 is 17.4. The summed E-state index contributed by atoms with van der Waals surface area (Å²) in [5.74, 6) is 1.18. The molecule has 0 unspecified atom stereocenters. The van der Waals surface area contributed by atoms with Crippen LogP contribution in [0, 0.1) is 0 Å². The maximum absolute atomic E-state index is 13.0. The first kappa shape index (κ1) is 19.7. The first-order valence-corrected chi connectivity index (χ1v) is 9.71. The number of nitrogens with zero attached hydrogens (tertiary/aromatic N) is 1. The van der Waals surface area contributed by atoms with Gasteiger partial charge in [0.05, 0.1) is 12.7 Å². The third-order valence-corrected chi connectivity index (χ3v) is 4.44. The van der Waals surface area contributed by atoms with E-state index in [0.29, 0.717) is 29.4 Å². The first-order valence-electron chi connectivity index (χ1n) is 9.71. The lowest BCUT2D eigenvalue weighted by molar-refractivity contribution is 0.0648. The second-order valence-corrected chi connectivity index (χ2v) is 7.03. The molecule has 30 heavy (non-hydrogen) atoms. The van der Waals surface area contributed by atoms with Crippen molar-refractivity contribution < 1.29 is 18.7 Å². The normalized spacial score (nSPS) is 11.0. The summed E-state index contributed by atoms with van der Waals surface area (Å²) >= 11 is 0. The van der Waals surface area contributed by atoms with Crippen molar-refractivity contribution >= 4 is 22.6 Å². The minimum absolute atomic E-state index is 0.0385. The average molecular weight is 402 g/mol. The Bertz CT molecular complexity index is 1150. The van der Waals surface area contributed by atoms with Crippen LogP contribution in [0.4, 0.5) is 5.69 Å². The number of pyridine rings is 1. The second kappa shape index (κ2) is 8.80. The quantitative estimate of drug-likeness (QED) is 0.423. The summed E-state index contributed by atoms with van der Waals surface area (Å²) in [7, 11) is 0. The van der Waals surface area contributed by atoms with Gasteiger partial charge in [0.15, 0.2) is 5.76 Å². The smallest absolute Gasteiger partial charge is 0.291 e. The number of para-hydroxylation sites is 1. The highest BCUT2D eigenvalue weighted by Gasteiger charge is 2.21. The van der Waals surface area contributed by atoms with Crippen LogP contribution in [-0.4, -0.2) is 17.0 Å². The van der Waals surface area contributed by atoms with Gasteiger partial charge in [0.25, 0.3) is 5.91 Å². The van der Waals surface area contributed by atoms with E-state index in [0.717, 1.165) is 10.9 Å². The van der Waals surface area contributed by atoms with Crippen molar-refractivity contribution in [3.8, 4) is 11.5 Å². The average Bonchev–Trinajstić information content (AvgIpc) is 3.12. The molecule has 4 aromatic rings. The number of hydrogen-bond acceptors (Lipinski definition) is 5. The lowest BCUT2D eigenvalue weighted by Crippen LogP contribution is -2.14. The Morgan fingerprint density at radius 3 is 2.63 bits per heavy atom. The van der Waals surface area contributed by atoms with Crippen molar-refractivity contribution in [2.45, 2.75) is 26.6 Å². The van der Waals surface area contributed by atoms with Crippen LogP contribution in [-0.2, 0) is 11.3 Å². The van der Waals surface area contributed by atoms with Gasteiger partial charge < -0.3 is 19.2 Å². The van der Waals surface area contributed by atoms with Gasteiger partial charge in [-0.05, 0) is 44.2 Å². The van der Waals surface area contributed by atoms with Crippen LogP contribution in [0.25, 0.3) is 11.0 Å². The fraction of sp³-hybridized carbons (Fsp3) is 0.167. The molecule has 2 heterocycles. The molecule has 0 bridgehead atoms. The summed E-state index contributed by atoms with van der Waals surface area (Å²) in [6.07, 6.45) is 3.35. The number of carbonyl (C=O) groups is 1. The van der Waals surface area contributed by atoms with E-state index in [1.54, 1.807) is 36.7 Å². The Morgan fingerprint density at radius 2 is 1.83 bits per heavy atom. The second-order valence-electron chi connectivity index (χ2n) is 7.03. The highest BCUT2D eigenvalue weighted by molar-refractivity contribution is 6.06. The first-order chi connectivity index (χ1) is 14.6. The molecule has 0 aliphatic rings. The van der Waals surface area contributed by atoms with Gasteiger partial charge in [-0.3, -0.25) is 9.78 Å². The van der Waals surface area contributed by atoms with Crippen molar-refractivity contribution in [1.82, 2.24) is 4.98 Å². The summed E-state index contributed by atoms with van der Waals surface area (Å²) in [6, 6.07) is 18.3. The summed E-state index contributed by atoms with van der Waals surface area (Å²) in [5.41, 5.74) is 1.99. The van der Waals surface area contributed by atoms with Crippen LogP contribution in [0.1, 0.15) is 30.0 Å². The Balaban J connectivity index is 1.57. The van der Waals surface area contributed by atoms with Gasteiger partial charge in [-0.25, -0.2) is 0 Å². The van der Waals surface area contributed by atoms with Crippen LogP contribution in [0.5, 0.6) is 11.5 Å². The number of fused-ring (bicyclic) bond motifs is 1. The summed E-state index contributed by atoms with van der Waals surface area (Å²) in [5, 5.41) is 3.77. The van der Waals surface area contributed by atoms with E-state index < -0.39 is 0 Å². The molecule has 6 nitrogen and oxygen atoms in total. The molecule has 1 amide bonds. The van der Waals surface area contributed by atoms with Crippen molar-refractivity contribution in [1.29, 1.82) is 0 Å². The lowest BCUT2D eigenvalue weighted by atomic mass is 10.1. The molecule has 0 aliphatic carbocycles. The molecule has 0 radical (unpaired) electrons. The van der Waals surface area contributed by atoms with E-state index in [9.17, 15) is 4.79 Å². The third-order valence-electron chi connectivity index (χ3n) is 4.44. The molecule has 0 aliphatic heterocycles. The number of ether oxygens (including phenoxy) is 2. The largest absolute Gasteiger partial charge is 0.457 e. The van der Waals surface area contributed by atoms with Gasteiger partial charge in [0.1, 0.15) is 17.1 Å². The molecule has 0 saturated carbocycles. The monoisotopic (exact) mass is 402 g/mol. The summed E-state index contributed by atoms with van der Waals surface area (Å²) in [4.78, 5) is 17.0. The number of nitrogens with one attached hydrogen (secondary N) is 1. The number of amides is 1. The molecule has 0 fully saturated rings. The molecule has 0 spiro atoms. The highest BCUT2D eigenvalue weighted by Crippen LogP contribution is 2.29. The number of benzene rings is 2. The molecule has 0 atom stereocenters. The Morgan fingerprint density at radius 1 is 1.03 bits per heavy atom. The molecule has 6 heteroatoms. The maximum Gasteiger partial charge on any atom is 0.291 e. The molecular formula is C24H22N2O4. The van der Waals surface area contributed by atoms with Crippen molar-refractivity contribution in [2.24, 2.45) is 0 Å². The van der Waals surface area contributed by atoms with Gasteiger partial charge in [-0.15, -0.1) is 0 Å². The minimum atomic E-state index is -0.338. The van der Waals surface area contributed by atoms with Crippen molar-refractivity contribution in [3.05, 3.63) is 84.4 Å². The SMILES string of the molecule is CC(C)OCc1c(C(=O)Nc2cccc(Oc3ccncc3)c2)oc2ccccc12. The van der Waals surface area contributed by atoms with Crippen molar-refractivity contribution in [3.63, 3.8) is 0 Å². The molecule has 152 valence electrons. The van der Waals surface area contributed by atoms with E-state index in [1.165, 1.54) is 0 Å². The fourth-order valence-electron chi connectivity index (χ4n) is 3.04. The molecule has 2 aromatic heterocycles. The minimum Gasteiger partial charge on any atom is -0.457 e. The number of aromatic nitrogens is 1. The third kappa shape index (κ3) is 4.50. The van der Waals surface area contributed by atoms with Gasteiger partial charge in [-0.1, -0.05) is 24.3 Å². The molecule has 4 rings (SSSR count). The fourth-order valence-corrected chi connectivity index (χ4v) is 3.04. The van der Waals surface area contributed by atoms with E-state index in [4.69, 9.17) is 13.9 Å². The standard InChI is InChI=1S/C24H22N2O4/c1-16(2)28-15-21-20-8-3-4-9-22(20)30-23(21)24(27)26-17-6-5-7-19(14-17)29-18-10-12-25-13-11-18/h3-14,16H,15H2,1-2H3,(H,26,27). The van der Waals surface area contributed by atoms with E-state index in [-0.39, 0.29) is 17.8 Å². The zero-order valence-electron chi connectivity index (χ0n) is 16.8. The van der Waals surface area contributed by atoms with Crippen LogP contribution >= 0.6 is 0 Å². The van der Waals surface area contributed by atoms with Crippen LogP contribution in [0.2, 0.25) is 0 Å². The number of rotatable bonds is 7. The van der Waals surface area contributed by atoms with Gasteiger partial charge in [0, 0.05) is 35.1 Å². The van der Waals surface area contributed by atoms with E-state index >= 15 is 0 Å². The van der Waals surface area contributed by atoms with Gasteiger partial charge >= 0.3 is 0 Å². The van der Waals surface area contributed by atoms with E-state index in [2.05, 4.69) is 10.3 Å². The molecule has 0 saturated heterocycles.